The Bertz CT molecular complexity index is 776. The maximum absolute atomic E-state index is 5.62. The maximum Gasteiger partial charge on any atom is 0.170 e. The molecule has 1 aromatic heterocycles. The van der Waals surface area contributed by atoms with Crippen molar-refractivity contribution in [3.8, 4) is 0 Å². The van der Waals surface area contributed by atoms with Gasteiger partial charge in [0, 0.05) is 11.1 Å². The van der Waals surface area contributed by atoms with Crippen LogP contribution in [0.15, 0.2) is 54.9 Å². The second-order valence-corrected chi connectivity index (χ2v) is 4.54. The summed E-state index contributed by atoms with van der Waals surface area (Å²) < 4.78 is 11.2. The molecule has 0 aliphatic rings. The molecule has 0 saturated carbocycles. The van der Waals surface area contributed by atoms with Crippen LogP contribution < -0.4 is 0 Å². The zero-order valence-corrected chi connectivity index (χ0v) is 12.0. The number of rotatable bonds is 4. The first-order chi connectivity index (χ1) is 10.3. The highest BCUT2D eigenvalue weighted by atomic mass is 16.5. The fourth-order valence-corrected chi connectivity index (χ4v) is 2.40. The van der Waals surface area contributed by atoms with E-state index in [1.165, 1.54) is 0 Å². The molecule has 0 aliphatic heterocycles. The predicted octanol–water partition coefficient (Wildman–Crippen LogP) is 3.68. The first-order valence-electron chi connectivity index (χ1n) is 6.65. The van der Waals surface area contributed by atoms with Gasteiger partial charge in [0.2, 0.25) is 0 Å². The smallest absolute Gasteiger partial charge is 0.170 e. The highest BCUT2D eigenvalue weighted by Crippen LogP contribution is 2.30. The number of hydrogen-bond donors (Lipinski definition) is 1. The van der Waals surface area contributed by atoms with Crippen LogP contribution in [0.3, 0.4) is 0 Å². The Kier molecular flexibility index (Phi) is 3.60. The van der Waals surface area contributed by atoms with Crippen LogP contribution in [0.2, 0.25) is 0 Å². The van der Waals surface area contributed by atoms with Crippen LogP contribution in [0.4, 0.5) is 0 Å². The molecule has 4 heteroatoms. The Morgan fingerprint density at radius 1 is 0.905 bits per heavy atom. The lowest BCUT2D eigenvalue weighted by molar-refractivity contribution is 0.328. The van der Waals surface area contributed by atoms with Crippen LogP contribution in [0.25, 0.3) is 22.6 Å². The lowest BCUT2D eigenvalue weighted by Gasteiger charge is -2.14. The Morgan fingerprint density at radius 2 is 1.67 bits per heavy atom. The van der Waals surface area contributed by atoms with Crippen molar-refractivity contribution in [2.75, 3.05) is 14.2 Å². The van der Waals surface area contributed by atoms with E-state index in [9.17, 15) is 0 Å². The number of methoxy groups -OCH3 is 2. The van der Waals surface area contributed by atoms with Crippen LogP contribution in [0.1, 0.15) is 11.1 Å². The van der Waals surface area contributed by atoms with Crippen LogP contribution in [-0.2, 0) is 9.47 Å². The van der Waals surface area contributed by atoms with Crippen molar-refractivity contribution in [2.24, 2.45) is 0 Å². The Hall–Kier alpha value is -2.75. The summed E-state index contributed by atoms with van der Waals surface area (Å²) in [4.78, 5) is 7.48. The fourth-order valence-electron chi connectivity index (χ4n) is 2.40. The number of nitrogens with zero attached hydrogens (tertiary/aromatic N) is 1. The van der Waals surface area contributed by atoms with Gasteiger partial charge in [0.05, 0.1) is 31.6 Å². The van der Waals surface area contributed by atoms with Gasteiger partial charge in [0.1, 0.15) is 0 Å². The summed E-state index contributed by atoms with van der Waals surface area (Å²) in [5.74, 6) is 1.36. The van der Waals surface area contributed by atoms with Crippen molar-refractivity contribution in [1.82, 2.24) is 9.97 Å². The lowest BCUT2D eigenvalue weighted by Crippen LogP contribution is -1.98. The van der Waals surface area contributed by atoms with Crippen molar-refractivity contribution in [3.05, 3.63) is 66.0 Å². The SMILES string of the molecule is COC(=C(OC)c1cccc2[nH]cnc12)c1ccccc1. The molecule has 0 unspecified atom stereocenters. The summed E-state index contributed by atoms with van der Waals surface area (Å²) in [6.07, 6.45) is 1.68. The third-order valence-electron chi connectivity index (χ3n) is 3.34. The second kappa shape index (κ2) is 5.71. The molecule has 0 aliphatic carbocycles. The van der Waals surface area contributed by atoms with Gasteiger partial charge in [-0.15, -0.1) is 0 Å². The molecular formula is C17H16N2O2. The van der Waals surface area contributed by atoms with Crippen LogP contribution >= 0.6 is 0 Å². The van der Waals surface area contributed by atoms with Crippen LogP contribution in [-0.4, -0.2) is 24.2 Å². The molecule has 21 heavy (non-hydrogen) atoms. The number of aromatic amines is 1. The topological polar surface area (TPSA) is 47.1 Å². The van der Waals surface area contributed by atoms with Gasteiger partial charge in [0.25, 0.3) is 0 Å². The zero-order valence-electron chi connectivity index (χ0n) is 12.0. The van der Waals surface area contributed by atoms with E-state index in [1.807, 2.05) is 48.5 Å². The number of imidazole rings is 1. The van der Waals surface area contributed by atoms with E-state index in [4.69, 9.17) is 9.47 Å². The first kappa shape index (κ1) is 13.2. The van der Waals surface area contributed by atoms with Gasteiger partial charge >= 0.3 is 0 Å². The molecule has 0 bridgehead atoms. The number of nitrogens with one attached hydrogen (secondary N) is 1. The molecule has 3 aromatic rings. The summed E-state index contributed by atoms with van der Waals surface area (Å²) in [5.41, 5.74) is 3.69. The van der Waals surface area contributed by atoms with Crippen LogP contribution in [0.5, 0.6) is 0 Å². The summed E-state index contributed by atoms with van der Waals surface area (Å²) in [6, 6.07) is 15.8. The number of aromatic nitrogens is 2. The molecule has 2 aromatic carbocycles. The van der Waals surface area contributed by atoms with Gasteiger partial charge in [-0.2, -0.15) is 0 Å². The summed E-state index contributed by atoms with van der Waals surface area (Å²) in [6.45, 7) is 0. The maximum atomic E-state index is 5.62. The predicted molar refractivity (Wildman–Crippen MR) is 83.4 cm³/mol. The standard InChI is InChI=1S/C17H16N2O2/c1-20-16(12-7-4-3-5-8-12)17(21-2)13-9-6-10-14-15(13)19-11-18-14/h3-11H,1-2H3,(H,18,19). The average Bonchev–Trinajstić information content (AvgIpc) is 3.02. The third-order valence-corrected chi connectivity index (χ3v) is 3.34. The zero-order chi connectivity index (χ0) is 14.7. The molecule has 0 amide bonds. The average molecular weight is 280 g/mol. The van der Waals surface area contributed by atoms with E-state index >= 15 is 0 Å². The Morgan fingerprint density at radius 3 is 2.38 bits per heavy atom. The van der Waals surface area contributed by atoms with Gasteiger partial charge in [0.15, 0.2) is 11.5 Å². The molecule has 1 N–H and O–H groups in total. The summed E-state index contributed by atoms with van der Waals surface area (Å²) in [5, 5.41) is 0. The largest absolute Gasteiger partial charge is 0.492 e. The van der Waals surface area contributed by atoms with Crippen molar-refractivity contribution in [2.45, 2.75) is 0 Å². The highest BCUT2D eigenvalue weighted by Gasteiger charge is 2.16. The van der Waals surface area contributed by atoms with Gasteiger partial charge < -0.3 is 14.5 Å². The highest BCUT2D eigenvalue weighted by molar-refractivity contribution is 5.94. The molecule has 106 valence electrons. The van der Waals surface area contributed by atoms with Crippen LogP contribution in [0, 0.1) is 0 Å². The van der Waals surface area contributed by atoms with E-state index in [0.29, 0.717) is 11.5 Å². The van der Waals surface area contributed by atoms with Gasteiger partial charge in [-0.3, -0.25) is 0 Å². The number of para-hydroxylation sites is 1. The van der Waals surface area contributed by atoms with E-state index in [2.05, 4.69) is 9.97 Å². The number of hydrogen-bond acceptors (Lipinski definition) is 3. The minimum Gasteiger partial charge on any atom is -0.492 e. The molecular weight excluding hydrogens is 264 g/mol. The molecule has 0 spiro atoms. The van der Waals surface area contributed by atoms with Gasteiger partial charge in [-0.05, 0) is 12.1 Å². The molecule has 0 fully saturated rings. The monoisotopic (exact) mass is 280 g/mol. The Balaban J connectivity index is 2.25. The van der Waals surface area contributed by atoms with E-state index < -0.39 is 0 Å². The molecule has 0 saturated heterocycles. The van der Waals surface area contributed by atoms with E-state index in [0.717, 1.165) is 22.2 Å². The second-order valence-electron chi connectivity index (χ2n) is 4.54. The number of fused-ring (bicyclic) bond motifs is 1. The van der Waals surface area contributed by atoms with Gasteiger partial charge in [-0.1, -0.05) is 36.4 Å². The molecule has 1 heterocycles. The van der Waals surface area contributed by atoms with Gasteiger partial charge in [-0.25, -0.2) is 4.98 Å². The number of benzene rings is 2. The normalized spacial score (nSPS) is 12.1. The summed E-state index contributed by atoms with van der Waals surface area (Å²) >= 11 is 0. The van der Waals surface area contributed by atoms with E-state index in [1.54, 1.807) is 20.5 Å². The first-order valence-corrected chi connectivity index (χ1v) is 6.65. The minimum atomic E-state index is 0.668. The molecule has 3 rings (SSSR count). The Labute approximate surface area is 123 Å². The molecule has 0 radical (unpaired) electrons. The summed E-state index contributed by atoms with van der Waals surface area (Å²) in [7, 11) is 3.29. The quantitative estimate of drug-likeness (QED) is 0.586. The van der Waals surface area contributed by atoms with Crippen molar-refractivity contribution in [3.63, 3.8) is 0 Å². The molecule has 4 nitrogen and oxygen atoms in total. The minimum absolute atomic E-state index is 0.668. The lowest BCUT2D eigenvalue weighted by atomic mass is 10.1. The van der Waals surface area contributed by atoms with E-state index in [-0.39, 0.29) is 0 Å². The molecule has 0 atom stereocenters. The van der Waals surface area contributed by atoms with Crippen molar-refractivity contribution < 1.29 is 9.47 Å². The van der Waals surface area contributed by atoms with Crippen molar-refractivity contribution in [1.29, 1.82) is 0 Å². The number of H-pyrrole nitrogens is 1. The third kappa shape index (κ3) is 2.36. The van der Waals surface area contributed by atoms with Crippen molar-refractivity contribution >= 4 is 22.6 Å². The number of ether oxygens (including phenoxy) is 2. The fraction of sp³-hybridized carbons (Fsp3) is 0.118.